The summed E-state index contributed by atoms with van der Waals surface area (Å²) in [6, 6.07) is 14.8. The topological polar surface area (TPSA) is 97.8 Å². The van der Waals surface area contributed by atoms with Gasteiger partial charge in [0.1, 0.15) is 17.4 Å². The van der Waals surface area contributed by atoms with Crippen LogP contribution in [0.4, 0.5) is 11.4 Å². The maximum absolute atomic E-state index is 12.3. The highest BCUT2D eigenvalue weighted by molar-refractivity contribution is 7.09. The SMILES string of the molecule is Cc1ccccc1NC(=O)Cc1nc(COC(=O)CCN2C(=O)COc3ccccc32)cs1. The minimum Gasteiger partial charge on any atom is -0.482 e. The summed E-state index contributed by atoms with van der Waals surface area (Å²) >= 11 is 1.34. The molecule has 1 aromatic heterocycles. The molecule has 2 amide bonds. The lowest BCUT2D eigenvalue weighted by Crippen LogP contribution is -2.40. The van der Waals surface area contributed by atoms with Crippen molar-refractivity contribution in [1.82, 2.24) is 4.98 Å². The van der Waals surface area contributed by atoms with E-state index in [-0.39, 0.29) is 44.4 Å². The van der Waals surface area contributed by atoms with Crippen molar-refractivity contribution in [3.05, 3.63) is 70.2 Å². The van der Waals surface area contributed by atoms with Crippen molar-refractivity contribution in [2.75, 3.05) is 23.4 Å². The van der Waals surface area contributed by atoms with Crippen molar-refractivity contribution < 1.29 is 23.9 Å². The highest BCUT2D eigenvalue weighted by atomic mass is 32.1. The Bertz CT molecular complexity index is 1180. The van der Waals surface area contributed by atoms with E-state index in [1.807, 2.05) is 43.3 Å². The van der Waals surface area contributed by atoms with Gasteiger partial charge in [-0.3, -0.25) is 14.4 Å². The first kappa shape index (κ1) is 22.5. The third kappa shape index (κ3) is 5.75. The van der Waals surface area contributed by atoms with Crippen molar-refractivity contribution in [1.29, 1.82) is 0 Å². The predicted octanol–water partition coefficient (Wildman–Crippen LogP) is 3.49. The Morgan fingerprint density at radius 1 is 1.18 bits per heavy atom. The zero-order chi connectivity index (χ0) is 23.2. The standard InChI is InChI=1S/C24H23N3O5S/c1-16-6-2-3-7-18(16)26-21(28)12-22-25-17(15-33-22)13-32-24(30)10-11-27-19-8-4-5-9-20(19)31-14-23(27)29/h2-9,15H,10-14H2,1H3,(H,26,28). The average Bonchev–Trinajstić information content (AvgIpc) is 3.25. The first-order chi connectivity index (χ1) is 16.0. The number of esters is 1. The zero-order valence-electron chi connectivity index (χ0n) is 18.1. The molecular formula is C24H23N3O5S. The number of benzene rings is 2. The quantitative estimate of drug-likeness (QED) is 0.512. The molecule has 9 heteroatoms. The number of fused-ring (bicyclic) bond motifs is 1. The first-order valence-corrected chi connectivity index (χ1v) is 11.3. The Morgan fingerprint density at radius 3 is 2.82 bits per heavy atom. The van der Waals surface area contributed by atoms with Crippen LogP contribution in [0.25, 0.3) is 0 Å². The van der Waals surface area contributed by atoms with E-state index < -0.39 is 5.97 Å². The van der Waals surface area contributed by atoms with E-state index in [2.05, 4.69) is 10.3 Å². The number of rotatable bonds is 8. The van der Waals surface area contributed by atoms with Gasteiger partial charge in [0.15, 0.2) is 6.61 Å². The summed E-state index contributed by atoms with van der Waals surface area (Å²) in [5.74, 6) is -0.169. The number of carbonyl (C=O) groups excluding carboxylic acids is 3. The van der Waals surface area contributed by atoms with Gasteiger partial charge in [-0.05, 0) is 30.7 Å². The number of aryl methyl sites for hydroxylation is 1. The van der Waals surface area contributed by atoms with Gasteiger partial charge < -0.3 is 19.7 Å². The zero-order valence-corrected chi connectivity index (χ0v) is 18.9. The van der Waals surface area contributed by atoms with Gasteiger partial charge in [0.05, 0.1) is 24.2 Å². The molecule has 0 unspecified atom stereocenters. The second-order valence-corrected chi connectivity index (χ2v) is 8.43. The van der Waals surface area contributed by atoms with Gasteiger partial charge in [-0.25, -0.2) is 4.98 Å². The molecule has 3 aromatic rings. The Hall–Kier alpha value is -3.72. The second-order valence-electron chi connectivity index (χ2n) is 7.48. The van der Waals surface area contributed by atoms with Gasteiger partial charge in [0.2, 0.25) is 5.91 Å². The van der Waals surface area contributed by atoms with Crippen molar-refractivity contribution in [2.24, 2.45) is 0 Å². The minimum absolute atomic E-state index is 0.0163. The van der Waals surface area contributed by atoms with Gasteiger partial charge in [-0.15, -0.1) is 11.3 Å². The van der Waals surface area contributed by atoms with Crippen LogP contribution in [0, 0.1) is 6.92 Å². The van der Waals surface area contributed by atoms with Gasteiger partial charge in [-0.2, -0.15) is 0 Å². The maximum atomic E-state index is 12.3. The normalized spacial score (nSPS) is 12.6. The number of thiazole rings is 1. The van der Waals surface area contributed by atoms with Crippen molar-refractivity contribution in [3.8, 4) is 5.75 Å². The maximum Gasteiger partial charge on any atom is 0.307 e. The number of amides is 2. The summed E-state index contributed by atoms with van der Waals surface area (Å²) in [4.78, 5) is 42.6. The average molecular weight is 466 g/mol. The predicted molar refractivity (Wildman–Crippen MR) is 124 cm³/mol. The number of anilines is 2. The number of nitrogens with zero attached hydrogens (tertiary/aromatic N) is 2. The summed E-state index contributed by atoms with van der Waals surface area (Å²) in [6.07, 6.45) is 0.196. The van der Waals surface area contributed by atoms with Crippen molar-refractivity contribution in [2.45, 2.75) is 26.4 Å². The van der Waals surface area contributed by atoms with Crippen LogP contribution in [0.15, 0.2) is 53.9 Å². The van der Waals surface area contributed by atoms with Crippen LogP contribution < -0.4 is 15.0 Å². The molecular weight excluding hydrogens is 442 g/mol. The third-order valence-electron chi connectivity index (χ3n) is 5.06. The number of hydrogen-bond acceptors (Lipinski definition) is 7. The molecule has 0 bridgehead atoms. The van der Waals surface area contributed by atoms with E-state index in [1.54, 1.807) is 17.5 Å². The minimum atomic E-state index is -0.432. The molecule has 0 saturated heterocycles. The van der Waals surface area contributed by atoms with Crippen LogP contribution in [0.5, 0.6) is 5.75 Å². The van der Waals surface area contributed by atoms with Crippen LogP contribution >= 0.6 is 11.3 Å². The molecule has 0 spiro atoms. The van der Waals surface area contributed by atoms with Crippen LogP contribution in [0.1, 0.15) is 22.7 Å². The van der Waals surface area contributed by atoms with E-state index in [0.717, 1.165) is 11.3 Å². The molecule has 8 nitrogen and oxygen atoms in total. The molecule has 170 valence electrons. The Balaban J connectivity index is 1.24. The lowest BCUT2D eigenvalue weighted by molar-refractivity contribution is -0.144. The monoisotopic (exact) mass is 465 g/mol. The number of aromatic nitrogens is 1. The summed E-state index contributed by atoms with van der Waals surface area (Å²) in [5.41, 5.74) is 2.99. The highest BCUT2D eigenvalue weighted by Gasteiger charge is 2.25. The van der Waals surface area contributed by atoms with Crippen LogP contribution in [0.2, 0.25) is 0 Å². The second kappa shape index (κ2) is 10.3. The lowest BCUT2D eigenvalue weighted by Gasteiger charge is -2.28. The number of nitrogens with one attached hydrogen (secondary N) is 1. The fourth-order valence-corrected chi connectivity index (χ4v) is 4.15. The van der Waals surface area contributed by atoms with Crippen LogP contribution in [0.3, 0.4) is 0 Å². The molecule has 1 aliphatic rings. The number of carbonyl (C=O) groups is 3. The molecule has 2 heterocycles. The van der Waals surface area contributed by atoms with E-state index in [0.29, 0.717) is 22.1 Å². The Morgan fingerprint density at radius 2 is 1.97 bits per heavy atom. The third-order valence-corrected chi connectivity index (χ3v) is 5.96. The summed E-state index contributed by atoms with van der Waals surface area (Å²) in [5, 5.41) is 5.29. The van der Waals surface area contributed by atoms with Gasteiger partial charge >= 0.3 is 5.97 Å². The smallest absolute Gasteiger partial charge is 0.307 e. The largest absolute Gasteiger partial charge is 0.482 e. The van der Waals surface area contributed by atoms with Crippen molar-refractivity contribution in [3.63, 3.8) is 0 Å². The molecule has 2 aromatic carbocycles. The molecule has 0 radical (unpaired) electrons. The van der Waals surface area contributed by atoms with Gasteiger partial charge in [0.25, 0.3) is 5.91 Å². The molecule has 1 N–H and O–H groups in total. The number of hydrogen-bond donors (Lipinski definition) is 1. The molecule has 0 aliphatic carbocycles. The Kier molecular flexibility index (Phi) is 6.99. The van der Waals surface area contributed by atoms with E-state index in [9.17, 15) is 14.4 Å². The summed E-state index contributed by atoms with van der Waals surface area (Å²) < 4.78 is 10.7. The molecule has 4 rings (SSSR count). The highest BCUT2D eigenvalue weighted by Crippen LogP contribution is 2.31. The Labute approximate surface area is 195 Å². The van der Waals surface area contributed by atoms with Crippen LogP contribution in [-0.4, -0.2) is 35.9 Å². The lowest BCUT2D eigenvalue weighted by atomic mass is 10.2. The van der Waals surface area contributed by atoms with E-state index in [4.69, 9.17) is 9.47 Å². The van der Waals surface area contributed by atoms with E-state index in [1.165, 1.54) is 16.2 Å². The summed E-state index contributed by atoms with van der Waals surface area (Å²) in [7, 11) is 0. The van der Waals surface area contributed by atoms with Gasteiger partial charge in [-0.1, -0.05) is 30.3 Å². The fourth-order valence-electron chi connectivity index (χ4n) is 3.37. The molecule has 0 atom stereocenters. The molecule has 0 saturated carbocycles. The summed E-state index contributed by atoms with van der Waals surface area (Å²) in [6.45, 7) is 2.10. The first-order valence-electron chi connectivity index (χ1n) is 10.5. The van der Waals surface area contributed by atoms with Crippen LogP contribution in [-0.2, 0) is 32.1 Å². The number of ether oxygens (including phenoxy) is 2. The molecule has 1 aliphatic heterocycles. The number of para-hydroxylation sites is 3. The molecule has 0 fully saturated rings. The van der Waals surface area contributed by atoms with Gasteiger partial charge in [0, 0.05) is 17.6 Å². The molecule has 33 heavy (non-hydrogen) atoms. The van der Waals surface area contributed by atoms with E-state index >= 15 is 0 Å². The van der Waals surface area contributed by atoms with Crippen molar-refractivity contribution >= 4 is 40.5 Å². The fraction of sp³-hybridized carbons (Fsp3) is 0.250.